The molecule has 0 bridgehead atoms. The Balaban J connectivity index is 1.27. The van der Waals surface area contributed by atoms with E-state index in [1.807, 2.05) is 0 Å². The fraction of sp³-hybridized carbons (Fsp3) is 0.486. The van der Waals surface area contributed by atoms with E-state index in [0.29, 0.717) is 0 Å². The average molecular weight is 465 g/mol. The molecule has 4 rings (SSSR count). The third kappa shape index (κ3) is 7.73. The Labute approximate surface area is 214 Å². The van der Waals surface area contributed by atoms with Gasteiger partial charge in [0.25, 0.3) is 0 Å². The zero-order valence-electron chi connectivity index (χ0n) is 22.1. The fourth-order valence-corrected chi connectivity index (χ4v) is 5.80. The summed E-state index contributed by atoms with van der Waals surface area (Å²) in [6, 6.07) is 22.5. The highest BCUT2D eigenvalue weighted by Crippen LogP contribution is 2.37. The summed E-state index contributed by atoms with van der Waals surface area (Å²) in [5.74, 6) is 8.49. The first kappa shape index (κ1) is 25.6. The number of hydrogen-bond donors (Lipinski definition) is 0. The SMILES string of the molecule is CCCCCCCC[C@H]1CC[C@H](c2ccc(C#Cc3ccc4cc(CCC)ccc4c3)cc2)CC1. The second kappa shape index (κ2) is 13.5. The fourth-order valence-electron chi connectivity index (χ4n) is 5.80. The third-order valence-electron chi connectivity index (χ3n) is 7.99. The van der Waals surface area contributed by atoms with Crippen LogP contribution in [0.4, 0.5) is 0 Å². The molecule has 0 unspecified atom stereocenters. The molecule has 1 aliphatic carbocycles. The van der Waals surface area contributed by atoms with Crippen molar-refractivity contribution >= 4 is 10.8 Å². The molecule has 3 aromatic carbocycles. The summed E-state index contributed by atoms with van der Waals surface area (Å²) in [5, 5.41) is 2.59. The maximum atomic E-state index is 3.39. The van der Waals surface area contributed by atoms with Gasteiger partial charge >= 0.3 is 0 Å². The molecule has 1 fully saturated rings. The van der Waals surface area contributed by atoms with Crippen molar-refractivity contribution in [1.82, 2.24) is 0 Å². The summed E-state index contributed by atoms with van der Waals surface area (Å²) >= 11 is 0. The van der Waals surface area contributed by atoms with Crippen LogP contribution in [0.5, 0.6) is 0 Å². The summed E-state index contributed by atoms with van der Waals surface area (Å²) in [6.07, 6.45) is 17.9. The molecular weight excluding hydrogens is 420 g/mol. The van der Waals surface area contributed by atoms with Crippen molar-refractivity contribution in [3.63, 3.8) is 0 Å². The molecule has 0 amide bonds. The Kier molecular flexibility index (Phi) is 9.89. The number of hydrogen-bond acceptors (Lipinski definition) is 0. The standard InChI is InChI=1S/C35H44/c1-3-5-6-7-8-9-11-28-14-20-32(21-15-28)33-22-16-29(17-23-33)12-13-31-19-25-34-26-30(10-4-2)18-24-35(34)27-31/h16-19,22-28,32H,3-11,14-15,20-21H2,1-2H3/t28-,32-. The average Bonchev–Trinajstić information content (AvgIpc) is 2.90. The number of rotatable bonds is 10. The second-order valence-electron chi connectivity index (χ2n) is 10.8. The normalized spacial score (nSPS) is 17.8. The molecule has 0 atom stereocenters. The van der Waals surface area contributed by atoms with Gasteiger partial charge < -0.3 is 0 Å². The van der Waals surface area contributed by atoms with E-state index in [0.717, 1.165) is 29.4 Å². The van der Waals surface area contributed by atoms with Crippen LogP contribution in [0.25, 0.3) is 10.8 Å². The summed E-state index contributed by atoms with van der Waals surface area (Å²) in [6.45, 7) is 4.53. The maximum Gasteiger partial charge on any atom is 0.0255 e. The second-order valence-corrected chi connectivity index (χ2v) is 10.8. The molecule has 0 N–H and O–H groups in total. The van der Waals surface area contributed by atoms with Crippen molar-refractivity contribution in [3.05, 3.63) is 82.9 Å². The quantitative estimate of drug-likeness (QED) is 0.207. The zero-order valence-corrected chi connectivity index (χ0v) is 22.1. The number of fused-ring (bicyclic) bond motifs is 1. The minimum absolute atomic E-state index is 0.746. The van der Waals surface area contributed by atoms with Gasteiger partial charge in [-0.25, -0.2) is 0 Å². The van der Waals surface area contributed by atoms with E-state index < -0.39 is 0 Å². The van der Waals surface area contributed by atoms with Gasteiger partial charge in [0.05, 0.1) is 0 Å². The Hall–Kier alpha value is -2.52. The van der Waals surface area contributed by atoms with E-state index in [9.17, 15) is 0 Å². The molecule has 1 aliphatic rings. The molecule has 0 nitrogen and oxygen atoms in total. The van der Waals surface area contributed by atoms with Crippen LogP contribution in [0.1, 0.15) is 119 Å². The summed E-state index contributed by atoms with van der Waals surface area (Å²) in [7, 11) is 0. The lowest BCUT2D eigenvalue weighted by Gasteiger charge is -2.29. The summed E-state index contributed by atoms with van der Waals surface area (Å²) in [4.78, 5) is 0. The Morgan fingerprint density at radius 1 is 0.629 bits per heavy atom. The number of unbranched alkanes of at least 4 members (excludes halogenated alkanes) is 5. The molecule has 3 aromatic rings. The van der Waals surface area contributed by atoms with Crippen LogP contribution in [0.2, 0.25) is 0 Å². The van der Waals surface area contributed by atoms with Crippen LogP contribution >= 0.6 is 0 Å². The van der Waals surface area contributed by atoms with Crippen LogP contribution in [0, 0.1) is 17.8 Å². The van der Waals surface area contributed by atoms with E-state index in [1.165, 1.54) is 98.9 Å². The van der Waals surface area contributed by atoms with E-state index in [-0.39, 0.29) is 0 Å². The molecule has 0 spiro atoms. The Morgan fingerprint density at radius 2 is 1.29 bits per heavy atom. The smallest absolute Gasteiger partial charge is 0.0255 e. The van der Waals surface area contributed by atoms with Crippen LogP contribution in [-0.4, -0.2) is 0 Å². The summed E-state index contributed by atoms with van der Waals surface area (Å²) in [5.41, 5.74) is 5.14. The van der Waals surface area contributed by atoms with Gasteiger partial charge in [-0.15, -0.1) is 0 Å². The Bertz CT molecular complexity index is 1100. The minimum atomic E-state index is 0.746. The first-order valence-corrected chi connectivity index (χ1v) is 14.4. The van der Waals surface area contributed by atoms with Gasteiger partial charge in [0, 0.05) is 11.1 Å². The highest BCUT2D eigenvalue weighted by molar-refractivity contribution is 5.84. The molecule has 0 aliphatic heterocycles. The molecule has 1 saturated carbocycles. The Morgan fingerprint density at radius 3 is 2.06 bits per heavy atom. The first-order chi connectivity index (χ1) is 17.2. The van der Waals surface area contributed by atoms with Gasteiger partial charge in [0.15, 0.2) is 0 Å². The highest BCUT2D eigenvalue weighted by atomic mass is 14.3. The van der Waals surface area contributed by atoms with Crippen LogP contribution in [0.3, 0.4) is 0 Å². The first-order valence-electron chi connectivity index (χ1n) is 14.4. The van der Waals surface area contributed by atoms with Gasteiger partial charge in [-0.05, 0) is 90.1 Å². The minimum Gasteiger partial charge on any atom is -0.0654 e. The molecule has 0 saturated heterocycles. The third-order valence-corrected chi connectivity index (χ3v) is 7.99. The van der Waals surface area contributed by atoms with E-state index >= 15 is 0 Å². The monoisotopic (exact) mass is 464 g/mol. The van der Waals surface area contributed by atoms with Gasteiger partial charge in [-0.3, -0.25) is 0 Å². The van der Waals surface area contributed by atoms with E-state index in [4.69, 9.17) is 0 Å². The molecule has 0 radical (unpaired) electrons. The largest absolute Gasteiger partial charge is 0.0654 e. The van der Waals surface area contributed by atoms with Crippen LogP contribution in [-0.2, 0) is 6.42 Å². The molecule has 184 valence electrons. The van der Waals surface area contributed by atoms with Gasteiger partial charge in [0.2, 0.25) is 0 Å². The highest BCUT2D eigenvalue weighted by Gasteiger charge is 2.21. The van der Waals surface area contributed by atoms with Gasteiger partial charge in [0.1, 0.15) is 0 Å². The van der Waals surface area contributed by atoms with Crippen LogP contribution < -0.4 is 0 Å². The predicted molar refractivity (Wildman–Crippen MR) is 153 cm³/mol. The van der Waals surface area contributed by atoms with Crippen molar-refractivity contribution < 1.29 is 0 Å². The maximum absolute atomic E-state index is 3.39. The molecule has 0 heteroatoms. The van der Waals surface area contributed by atoms with Gasteiger partial charge in [-0.1, -0.05) is 113 Å². The number of aryl methyl sites for hydroxylation is 1. The molecule has 0 heterocycles. The number of benzene rings is 3. The topological polar surface area (TPSA) is 0 Å². The predicted octanol–water partition coefficient (Wildman–Crippen LogP) is 10.2. The van der Waals surface area contributed by atoms with Crippen molar-refractivity contribution in [2.24, 2.45) is 5.92 Å². The molecular formula is C35H44. The van der Waals surface area contributed by atoms with E-state index in [1.54, 1.807) is 0 Å². The van der Waals surface area contributed by atoms with Crippen molar-refractivity contribution in [1.29, 1.82) is 0 Å². The lowest BCUT2D eigenvalue weighted by Crippen LogP contribution is -2.13. The lowest BCUT2D eigenvalue weighted by molar-refractivity contribution is 0.302. The molecule has 0 aromatic heterocycles. The van der Waals surface area contributed by atoms with Crippen molar-refractivity contribution in [2.45, 2.75) is 103 Å². The van der Waals surface area contributed by atoms with Crippen molar-refractivity contribution in [3.8, 4) is 11.8 Å². The lowest BCUT2D eigenvalue weighted by atomic mass is 9.77. The van der Waals surface area contributed by atoms with Gasteiger partial charge in [-0.2, -0.15) is 0 Å². The van der Waals surface area contributed by atoms with Crippen molar-refractivity contribution in [2.75, 3.05) is 0 Å². The van der Waals surface area contributed by atoms with E-state index in [2.05, 4.69) is 86.4 Å². The van der Waals surface area contributed by atoms with Crippen LogP contribution in [0.15, 0.2) is 60.7 Å². The summed E-state index contributed by atoms with van der Waals surface area (Å²) < 4.78 is 0. The molecule has 35 heavy (non-hydrogen) atoms. The zero-order chi connectivity index (χ0) is 24.3.